The van der Waals surface area contributed by atoms with E-state index in [4.69, 9.17) is 0 Å². The fraction of sp³-hybridized carbons (Fsp3) is 0.318. The minimum Gasteiger partial charge on any atom is -0.361 e. The maximum Gasteiger partial charge on any atom is 0.239 e. The average Bonchev–Trinajstić information content (AvgIpc) is 3.07. The molecule has 1 atom stereocenters. The molecule has 134 valence electrons. The number of carbonyl (C=O) groups is 1. The van der Waals surface area contributed by atoms with Crippen molar-refractivity contribution in [2.24, 2.45) is 0 Å². The van der Waals surface area contributed by atoms with Crippen LogP contribution in [0.3, 0.4) is 0 Å². The SMILES string of the molecule is CC1CCc2ccccc2N1CC(=O)NCCc1c[nH]c2ccccc12. The lowest BCUT2D eigenvalue weighted by molar-refractivity contribution is -0.119. The number of benzene rings is 2. The lowest BCUT2D eigenvalue weighted by Crippen LogP contribution is -2.44. The van der Waals surface area contributed by atoms with Crippen LogP contribution >= 0.6 is 0 Å². The Morgan fingerprint density at radius 2 is 2.00 bits per heavy atom. The van der Waals surface area contributed by atoms with Gasteiger partial charge in [0.2, 0.25) is 5.91 Å². The number of aromatic amines is 1. The number of fused-ring (bicyclic) bond motifs is 2. The molecule has 1 aliphatic rings. The first-order valence-corrected chi connectivity index (χ1v) is 9.38. The lowest BCUT2D eigenvalue weighted by Gasteiger charge is -2.36. The Balaban J connectivity index is 1.36. The Bertz CT molecular complexity index is 914. The number of nitrogens with one attached hydrogen (secondary N) is 2. The summed E-state index contributed by atoms with van der Waals surface area (Å²) in [7, 11) is 0. The summed E-state index contributed by atoms with van der Waals surface area (Å²) in [6, 6.07) is 17.1. The quantitative estimate of drug-likeness (QED) is 0.740. The van der Waals surface area contributed by atoms with Gasteiger partial charge in [-0.2, -0.15) is 0 Å². The number of hydrogen-bond donors (Lipinski definition) is 2. The van der Waals surface area contributed by atoms with E-state index in [1.54, 1.807) is 0 Å². The van der Waals surface area contributed by atoms with Crippen LogP contribution in [0, 0.1) is 0 Å². The smallest absolute Gasteiger partial charge is 0.239 e. The van der Waals surface area contributed by atoms with Crippen LogP contribution in [-0.2, 0) is 17.6 Å². The molecule has 26 heavy (non-hydrogen) atoms. The second kappa shape index (κ2) is 7.24. The summed E-state index contributed by atoms with van der Waals surface area (Å²) in [4.78, 5) is 18.0. The molecule has 0 radical (unpaired) electrons. The fourth-order valence-electron chi connectivity index (χ4n) is 3.89. The van der Waals surface area contributed by atoms with Gasteiger partial charge in [0.05, 0.1) is 6.54 Å². The molecule has 0 saturated heterocycles. The zero-order valence-corrected chi connectivity index (χ0v) is 15.2. The second-order valence-corrected chi connectivity index (χ2v) is 7.10. The van der Waals surface area contributed by atoms with Crippen molar-refractivity contribution in [1.29, 1.82) is 0 Å². The third-order valence-corrected chi connectivity index (χ3v) is 5.37. The van der Waals surface area contributed by atoms with Crippen LogP contribution in [0.2, 0.25) is 0 Å². The lowest BCUT2D eigenvalue weighted by atomic mass is 9.96. The van der Waals surface area contributed by atoms with Gasteiger partial charge in [0, 0.05) is 35.4 Å². The van der Waals surface area contributed by atoms with Gasteiger partial charge in [0.25, 0.3) is 0 Å². The zero-order chi connectivity index (χ0) is 17.9. The van der Waals surface area contributed by atoms with E-state index in [2.05, 4.69) is 58.5 Å². The predicted octanol–water partition coefficient (Wildman–Crippen LogP) is 3.67. The van der Waals surface area contributed by atoms with Crippen LogP contribution in [-0.4, -0.2) is 30.0 Å². The molecule has 0 saturated carbocycles. The molecule has 2 aromatic carbocycles. The predicted molar refractivity (Wildman–Crippen MR) is 107 cm³/mol. The van der Waals surface area contributed by atoms with Gasteiger partial charge in [-0.1, -0.05) is 36.4 Å². The number of H-pyrrole nitrogens is 1. The normalized spacial score (nSPS) is 16.5. The number of aromatic nitrogens is 1. The summed E-state index contributed by atoms with van der Waals surface area (Å²) in [5.41, 5.74) is 4.94. The maximum absolute atomic E-state index is 12.5. The molecule has 0 spiro atoms. The standard InChI is InChI=1S/C22H25N3O/c1-16-10-11-17-6-2-5-9-21(17)25(16)15-22(26)23-13-12-18-14-24-20-8-4-3-7-19(18)20/h2-9,14,16,24H,10-13,15H2,1H3,(H,23,26). The van der Waals surface area contributed by atoms with Gasteiger partial charge in [-0.15, -0.1) is 0 Å². The van der Waals surface area contributed by atoms with Crippen molar-refractivity contribution in [3.63, 3.8) is 0 Å². The fourth-order valence-corrected chi connectivity index (χ4v) is 3.89. The summed E-state index contributed by atoms with van der Waals surface area (Å²) in [6.07, 6.45) is 5.07. The monoisotopic (exact) mass is 347 g/mol. The molecule has 4 nitrogen and oxygen atoms in total. The number of nitrogens with zero attached hydrogens (tertiary/aromatic N) is 1. The Morgan fingerprint density at radius 1 is 1.19 bits per heavy atom. The molecule has 4 heteroatoms. The summed E-state index contributed by atoms with van der Waals surface area (Å²) in [6.45, 7) is 3.28. The number of rotatable bonds is 5. The number of amides is 1. The minimum absolute atomic E-state index is 0.0911. The number of hydrogen-bond acceptors (Lipinski definition) is 2. The van der Waals surface area contributed by atoms with E-state index in [9.17, 15) is 4.79 Å². The van der Waals surface area contributed by atoms with E-state index in [-0.39, 0.29) is 5.91 Å². The van der Waals surface area contributed by atoms with Crippen LogP contribution < -0.4 is 10.2 Å². The molecule has 1 amide bonds. The molecule has 1 aromatic heterocycles. The van der Waals surface area contributed by atoms with Crippen LogP contribution in [0.25, 0.3) is 10.9 Å². The highest BCUT2D eigenvalue weighted by atomic mass is 16.2. The van der Waals surface area contributed by atoms with Crippen molar-refractivity contribution >= 4 is 22.5 Å². The van der Waals surface area contributed by atoms with Crippen molar-refractivity contribution in [3.8, 4) is 0 Å². The molecule has 1 aliphatic heterocycles. The van der Waals surface area contributed by atoms with Crippen molar-refractivity contribution < 1.29 is 4.79 Å². The van der Waals surface area contributed by atoms with Gasteiger partial charge in [-0.05, 0) is 49.4 Å². The van der Waals surface area contributed by atoms with Gasteiger partial charge in [0.15, 0.2) is 0 Å². The first kappa shape index (κ1) is 16.7. The molecule has 2 heterocycles. The molecule has 0 bridgehead atoms. The van der Waals surface area contributed by atoms with Crippen LogP contribution in [0.5, 0.6) is 0 Å². The van der Waals surface area contributed by atoms with E-state index >= 15 is 0 Å². The summed E-state index contributed by atoms with van der Waals surface area (Å²) < 4.78 is 0. The number of carbonyl (C=O) groups excluding carboxylic acids is 1. The van der Waals surface area contributed by atoms with Gasteiger partial charge in [-0.25, -0.2) is 0 Å². The molecule has 1 unspecified atom stereocenters. The molecule has 3 aromatic rings. The van der Waals surface area contributed by atoms with Crippen molar-refractivity contribution in [1.82, 2.24) is 10.3 Å². The average molecular weight is 347 g/mol. The Morgan fingerprint density at radius 3 is 2.92 bits per heavy atom. The third-order valence-electron chi connectivity index (χ3n) is 5.37. The molecular formula is C22H25N3O. The van der Waals surface area contributed by atoms with Gasteiger partial charge >= 0.3 is 0 Å². The first-order chi connectivity index (χ1) is 12.7. The van der Waals surface area contributed by atoms with E-state index in [1.165, 1.54) is 22.2 Å². The molecule has 4 rings (SSSR count). The largest absolute Gasteiger partial charge is 0.361 e. The van der Waals surface area contributed by atoms with Crippen LogP contribution in [0.15, 0.2) is 54.7 Å². The third kappa shape index (κ3) is 3.32. The summed E-state index contributed by atoms with van der Waals surface area (Å²) in [5, 5.41) is 4.33. The van der Waals surface area contributed by atoms with Crippen LogP contribution in [0.1, 0.15) is 24.5 Å². The van der Waals surface area contributed by atoms with E-state index in [0.717, 1.165) is 24.8 Å². The van der Waals surface area contributed by atoms with Gasteiger partial charge in [-0.3, -0.25) is 4.79 Å². The number of para-hydroxylation sites is 2. The molecule has 0 fully saturated rings. The molecule has 0 aliphatic carbocycles. The highest BCUT2D eigenvalue weighted by Gasteiger charge is 2.24. The number of aryl methyl sites for hydroxylation is 1. The Kier molecular flexibility index (Phi) is 4.65. The summed E-state index contributed by atoms with van der Waals surface area (Å²) in [5.74, 6) is 0.0911. The van der Waals surface area contributed by atoms with Crippen molar-refractivity contribution in [3.05, 3.63) is 65.9 Å². The Labute approximate surface area is 154 Å². The molecule has 2 N–H and O–H groups in total. The summed E-state index contributed by atoms with van der Waals surface area (Å²) >= 11 is 0. The first-order valence-electron chi connectivity index (χ1n) is 9.38. The Hall–Kier alpha value is -2.75. The second-order valence-electron chi connectivity index (χ2n) is 7.10. The van der Waals surface area contributed by atoms with Gasteiger partial charge in [0.1, 0.15) is 0 Å². The minimum atomic E-state index is 0.0911. The van der Waals surface area contributed by atoms with Crippen molar-refractivity contribution in [2.75, 3.05) is 18.0 Å². The topological polar surface area (TPSA) is 48.1 Å². The maximum atomic E-state index is 12.5. The van der Waals surface area contributed by atoms with E-state index in [0.29, 0.717) is 19.1 Å². The van der Waals surface area contributed by atoms with Crippen molar-refractivity contribution in [2.45, 2.75) is 32.2 Å². The van der Waals surface area contributed by atoms with E-state index in [1.807, 2.05) is 18.3 Å². The number of anilines is 1. The highest BCUT2D eigenvalue weighted by Crippen LogP contribution is 2.29. The zero-order valence-electron chi connectivity index (χ0n) is 15.2. The highest BCUT2D eigenvalue weighted by molar-refractivity contribution is 5.84. The molecular weight excluding hydrogens is 322 g/mol. The van der Waals surface area contributed by atoms with Gasteiger partial charge < -0.3 is 15.2 Å². The van der Waals surface area contributed by atoms with E-state index < -0.39 is 0 Å². The van der Waals surface area contributed by atoms with Crippen LogP contribution in [0.4, 0.5) is 5.69 Å².